The third-order valence-electron chi connectivity index (χ3n) is 2.41. The van der Waals surface area contributed by atoms with Crippen LogP contribution in [0.25, 0.3) is 0 Å². The molecular formula is C11H22O4. The summed E-state index contributed by atoms with van der Waals surface area (Å²) in [5, 5.41) is 8.49. The number of carbonyl (C=O) groups is 1. The van der Waals surface area contributed by atoms with Crippen LogP contribution in [-0.2, 0) is 9.47 Å². The van der Waals surface area contributed by atoms with Crippen LogP contribution in [0.15, 0.2) is 0 Å². The van der Waals surface area contributed by atoms with Gasteiger partial charge in [-0.15, -0.1) is 0 Å². The van der Waals surface area contributed by atoms with E-state index in [-0.39, 0.29) is 5.60 Å². The average molecular weight is 218 g/mol. The first-order valence-corrected chi connectivity index (χ1v) is 5.24. The molecule has 0 radical (unpaired) electrons. The average Bonchev–Trinajstić information content (AvgIpc) is 2.00. The molecule has 0 unspecified atom stereocenters. The van der Waals surface area contributed by atoms with Crippen LogP contribution >= 0.6 is 0 Å². The van der Waals surface area contributed by atoms with Gasteiger partial charge in [-0.1, -0.05) is 6.92 Å². The molecule has 0 aliphatic carbocycles. The Balaban J connectivity index is 3.89. The minimum absolute atomic E-state index is 0.153. The maximum atomic E-state index is 10.4. The molecule has 0 saturated carbocycles. The summed E-state index contributed by atoms with van der Waals surface area (Å²) in [5.41, 5.74) is -0.838. The zero-order valence-corrected chi connectivity index (χ0v) is 10.3. The summed E-state index contributed by atoms with van der Waals surface area (Å²) in [7, 11) is 0. The monoisotopic (exact) mass is 218 g/mol. The number of rotatable bonds is 6. The highest BCUT2D eigenvalue weighted by Gasteiger charge is 2.24. The molecule has 1 N–H and O–H groups in total. The molecule has 0 aromatic heterocycles. The van der Waals surface area contributed by atoms with E-state index in [0.29, 0.717) is 13.0 Å². The maximum Gasteiger partial charge on any atom is 0.506 e. The van der Waals surface area contributed by atoms with E-state index >= 15 is 0 Å². The van der Waals surface area contributed by atoms with E-state index in [4.69, 9.17) is 14.6 Å². The summed E-state index contributed by atoms with van der Waals surface area (Å²) in [4.78, 5) is 10.4. The summed E-state index contributed by atoms with van der Waals surface area (Å²) < 4.78 is 10.3. The van der Waals surface area contributed by atoms with E-state index in [2.05, 4.69) is 6.92 Å². The van der Waals surface area contributed by atoms with E-state index in [1.165, 1.54) is 0 Å². The van der Waals surface area contributed by atoms with E-state index in [0.717, 1.165) is 6.42 Å². The smallest absolute Gasteiger partial charge is 0.450 e. The van der Waals surface area contributed by atoms with Crippen molar-refractivity contribution in [1.29, 1.82) is 0 Å². The van der Waals surface area contributed by atoms with Crippen LogP contribution in [0.3, 0.4) is 0 Å². The van der Waals surface area contributed by atoms with Crippen molar-refractivity contribution in [3.63, 3.8) is 0 Å². The third-order valence-corrected chi connectivity index (χ3v) is 2.41. The molecule has 4 nitrogen and oxygen atoms in total. The minimum atomic E-state index is -1.24. The number of carboxylic acid groups (broad SMARTS) is 1. The second-order valence-electron chi connectivity index (χ2n) is 4.84. The van der Waals surface area contributed by atoms with Crippen molar-refractivity contribution < 1.29 is 19.4 Å². The zero-order chi connectivity index (χ0) is 12.1. The fourth-order valence-corrected chi connectivity index (χ4v) is 0.963. The van der Waals surface area contributed by atoms with Crippen LogP contribution < -0.4 is 0 Å². The summed E-state index contributed by atoms with van der Waals surface area (Å²) in [6, 6.07) is 0. The van der Waals surface area contributed by atoms with Gasteiger partial charge in [-0.05, 0) is 34.1 Å². The number of hydrogen-bond acceptors (Lipinski definition) is 3. The van der Waals surface area contributed by atoms with Crippen LogP contribution in [0, 0.1) is 0 Å². The van der Waals surface area contributed by atoms with Crippen molar-refractivity contribution in [2.24, 2.45) is 0 Å². The van der Waals surface area contributed by atoms with Gasteiger partial charge in [0.05, 0.1) is 12.2 Å². The molecule has 0 aromatic rings. The molecule has 0 saturated heterocycles. The second kappa shape index (κ2) is 5.35. The Morgan fingerprint density at radius 3 is 2.13 bits per heavy atom. The third kappa shape index (κ3) is 7.19. The molecule has 90 valence electrons. The van der Waals surface area contributed by atoms with Crippen molar-refractivity contribution in [3.8, 4) is 0 Å². The second-order valence-corrected chi connectivity index (χ2v) is 4.84. The molecule has 0 spiro atoms. The molecule has 0 fully saturated rings. The molecule has 0 aliphatic rings. The predicted octanol–water partition coefficient (Wildman–Crippen LogP) is 3.05. The molecule has 0 aromatic carbocycles. The standard InChI is InChI=1S/C11H22O4/c1-6-10(2,3)14-8-7-11(4,5)15-9(12)13/h6-8H2,1-5H3,(H,12,13). The summed E-state index contributed by atoms with van der Waals surface area (Å²) in [6.07, 6.45) is 0.241. The van der Waals surface area contributed by atoms with Crippen LogP contribution in [0.2, 0.25) is 0 Å². The van der Waals surface area contributed by atoms with Crippen LogP contribution in [0.5, 0.6) is 0 Å². The molecule has 0 amide bonds. The van der Waals surface area contributed by atoms with Gasteiger partial charge in [0.25, 0.3) is 0 Å². The Morgan fingerprint density at radius 1 is 1.20 bits per heavy atom. The van der Waals surface area contributed by atoms with Crippen LogP contribution in [0.1, 0.15) is 47.5 Å². The van der Waals surface area contributed by atoms with E-state index in [9.17, 15) is 4.79 Å². The first-order valence-electron chi connectivity index (χ1n) is 5.24. The Hall–Kier alpha value is -0.770. The number of hydrogen-bond donors (Lipinski definition) is 1. The highest BCUT2D eigenvalue weighted by atomic mass is 16.7. The first kappa shape index (κ1) is 14.2. The Labute approximate surface area is 91.6 Å². The van der Waals surface area contributed by atoms with Crippen molar-refractivity contribution in [1.82, 2.24) is 0 Å². The number of ether oxygens (including phenoxy) is 2. The fourth-order valence-electron chi connectivity index (χ4n) is 0.963. The largest absolute Gasteiger partial charge is 0.506 e. The van der Waals surface area contributed by atoms with Gasteiger partial charge < -0.3 is 14.6 Å². The van der Waals surface area contributed by atoms with E-state index in [1.807, 2.05) is 13.8 Å². The lowest BCUT2D eigenvalue weighted by atomic mass is 10.0. The van der Waals surface area contributed by atoms with Crippen molar-refractivity contribution in [3.05, 3.63) is 0 Å². The lowest BCUT2D eigenvalue weighted by Gasteiger charge is -2.27. The Kier molecular flexibility index (Phi) is 5.08. The van der Waals surface area contributed by atoms with E-state index in [1.54, 1.807) is 13.8 Å². The van der Waals surface area contributed by atoms with Gasteiger partial charge in [-0.2, -0.15) is 0 Å². The quantitative estimate of drug-likeness (QED) is 0.696. The summed E-state index contributed by atoms with van der Waals surface area (Å²) in [5.74, 6) is 0. The van der Waals surface area contributed by atoms with Crippen molar-refractivity contribution in [2.45, 2.75) is 58.7 Å². The SMILES string of the molecule is CCC(C)(C)OCCC(C)(C)OC(=O)O. The lowest BCUT2D eigenvalue weighted by molar-refractivity contribution is -0.0583. The fraction of sp³-hybridized carbons (Fsp3) is 0.909. The van der Waals surface area contributed by atoms with E-state index < -0.39 is 11.8 Å². The highest BCUT2D eigenvalue weighted by Crippen LogP contribution is 2.19. The minimum Gasteiger partial charge on any atom is -0.450 e. The highest BCUT2D eigenvalue weighted by molar-refractivity contribution is 5.57. The lowest BCUT2D eigenvalue weighted by Crippen LogP contribution is -2.31. The zero-order valence-electron chi connectivity index (χ0n) is 10.3. The van der Waals surface area contributed by atoms with Crippen molar-refractivity contribution >= 4 is 6.16 Å². The van der Waals surface area contributed by atoms with Crippen molar-refractivity contribution in [2.75, 3.05) is 6.61 Å². The van der Waals surface area contributed by atoms with Crippen LogP contribution in [-0.4, -0.2) is 29.1 Å². The molecule has 0 heterocycles. The molecule has 0 bridgehead atoms. The molecule has 0 aliphatic heterocycles. The van der Waals surface area contributed by atoms with Gasteiger partial charge in [0.1, 0.15) is 5.60 Å². The topological polar surface area (TPSA) is 55.8 Å². The first-order chi connectivity index (χ1) is 6.68. The van der Waals surface area contributed by atoms with Crippen LogP contribution in [0.4, 0.5) is 4.79 Å². The molecule has 0 atom stereocenters. The molecular weight excluding hydrogens is 196 g/mol. The van der Waals surface area contributed by atoms with Gasteiger partial charge in [0.2, 0.25) is 0 Å². The molecule has 15 heavy (non-hydrogen) atoms. The van der Waals surface area contributed by atoms with Gasteiger partial charge in [0.15, 0.2) is 0 Å². The molecule has 0 rings (SSSR count). The van der Waals surface area contributed by atoms with Gasteiger partial charge in [-0.25, -0.2) is 4.79 Å². The van der Waals surface area contributed by atoms with Gasteiger partial charge in [-0.3, -0.25) is 0 Å². The van der Waals surface area contributed by atoms with Gasteiger partial charge >= 0.3 is 6.16 Å². The summed E-state index contributed by atoms with van der Waals surface area (Å²) >= 11 is 0. The normalized spacial score (nSPS) is 12.6. The molecule has 4 heteroatoms. The Morgan fingerprint density at radius 2 is 1.73 bits per heavy atom. The maximum absolute atomic E-state index is 10.4. The van der Waals surface area contributed by atoms with Gasteiger partial charge in [0, 0.05) is 6.42 Å². The Bertz CT molecular complexity index is 209. The summed E-state index contributed by atoms with van der Waals surface area (Å²) in [6.45, 7) is 10.1. The predicted molar refractivity (Wildman–Crippen MR) is 58.1 cm³/mol.